The van der Waals surface area contributed by atoms with Crippen molar-refractivity contribution in [3.63, 3.8) is 0 Å². The van der Waals surface area contributed by atoms with E-state index in [2.05, 4.69) is 10.3 Å². The molecule has 88 valence electrons. The molecule has 1 fully saturated rings. The van der Waals surface area contributed by atoms with E-state index in [1.165, 1.54) is 0 Å². The summed E-state index contributed by atoms with van der Waals surface area (Å²) in [5.41, 5.74) is 0.616. The molecule has 0 saturated heterocycles. The average Bonchev–Trinajstić information content (AvgIpc) is 2.89. The van der Waals surface area contributed by atoms with Gasteiger partial charge in [-0.3, -0.25) is 4.79 Å². The number of halogens is 1. The zero-order chi connectivity index (χ0) is 11.6. The second kappa shape index (κ2) is 4.47. The van der Waals surface area contributed by atoms with Crippen LogP contribution in [-0.2, 0) is 0 Å². The third-order valence-electron chi connectivity index (χ3n) is 3.12. The minimum absolute atomic E-state index is 0.140. The number of hydrogen-bond donors (Lipinski definition) is 3. The maximum Gasteiger partial charge on any atom is 0.267 e. The first-order valence-corrected chi connectivity index (χ1v) is 5.76. The molecule has 1 aromatic heterocycles. The summed E-state index contributed by atoms with van der Waals surface area (Å²) in [5.74, 6) is -0.142. The van der Waals surface area contributed by atoms with Crippen LogP contribution in [0, 0.1) is 5.41 Å². The van der Waals surface area contributed by atoms with Gasteiger partial charge in [0.25, 0.3) is 5.91 Å². The quantitative estimate of drug-likeness (QED) is 0.734. The van der Waals surface area contributed by atoms with E-state index in [1.54, 1.807) is 12.3 Å². The Balaban J connectivity index is 1.84. The number of carbonyl (C=O) groups is 1. The average molecular weight is 243 g/mol. The van der Waals surface area contributed by atoms with Gasteiger partial charge < -0.3 is 15.4 Å². The molecule has 1 aliphatic rings. The summed E-state index contributed by atoms with van der Waals surface area (Å²) in [7, 11) is 0. The molecule has 1 saturated carbocycles. The fourth-order valence-corrected chi connectivity index (χ4v) is 1.95. The molecule has 0 bridgehead atoms. The molecule has 0 unspecified atom stereocenters. The SMILES string of the molecule is O=C(NCC1(CCO)CC1)c1cc(Cl)c[nH]1. The van der Waals surface area contributed by atoms with E-state index in [-0.39, 0.29) is 17.9 Å². The minimum atomic E-state index is -0.142. The lowest BCUT2D eigenvalue weighted by Gasteiger charge is -2.13. The Labute approximate surface area is 99.0 Å². The molecule has 3 N–H and O–H groups in total. The van der Waals surface area contributed by atoms with Crippen LogP contribution in [0.4, 0.5) is 0 Å². The van der Waals surface area contributed by atoms with Crippen molar-refractivity contribution in [2.45, 2.75) is 19.3 Å². The van der Waals surface area contributed by atoms with Crippen LogP contribution in [0.15, 0.2) is 12.3 Å². The van der Waals surface area contributed by atoms with E-state index in [4.69, 9.17) is 16.7 Å². The van der Waals surface area contributed by atoms with Crippen LogP contribution in [0.25, 0.3) is 0 Å². The van der Waals surface area contributed by atoms with E-state index in [1.807, 2.05) is 0 Å². The maximum absolute atomic E-state index is 11.7. The molecule has 5 heteroatoms. The third kappa shape index (κ3) is 2.57. The molecular weight excluding hydrogens is 228 g/mol. The van der Waals surface area contributed by atoms with E-state index in [0.29, 0.717) is 17.3 Å². The highest BCUT2D eigenvalue weighted by molar-refractivity contribution is 6.30. The molecule has 0 aliphatic heterocycles. The zero-order valence-electron chi connectivity index (χ0n) is 8.92. The highest BCUT2D eigenvalue weighted by Gasteiger charge is 2.41. The fourth-order valence-electron chi connectivity index (χ4n) is 1.79. The first-order chi connectivity index (χ1) is 7.65. The van der Waals surface area contributed by atoms with Gasteiger partial charge in [0.15, 0.2) is 0 Å². The van der Waals surface area contributed by atoms with Crippen molar-refractivity contribution in [3.05, 3.63) is 23.0 Å². The van der Waals surface area contributed by atoms with Gasteiger partial charge in [0.1, 0.15) is 5.69 Å². The normalized spacial score (nSPS) is 17.1. The molecule has 1 aromatic rings. The zero-order valence-corrected chi connectivity index (χ0v) is 9.68. The molecular formula is C11H15ClN2O2. The van der Waals surface area contributed by atoms with Gasteiger partial charge in [0.2, 0.25) is 0 Å². The van der Waals surface area contributed by atoms with Crippen LogP contribution in [0.5, 0.6) is 0 Å². The number of hydrogen-bond acceptors (Lipinski definition) is 2. The van der Waals surface area contributed by atoms with Gasteiger partial charge >= 0.3 is 0 Å². The first-order valence-electron chi connectivity index (χ1n) is 5.38. The number of amides is 1. The molecule has 2 rings (SSSR count). The molecule has 0 spiro atoms. The van der Waals surface area contributed by atoms with Crippen molar-refractivity contribution in [1.82, 2.24) is 10.3 Å². The molecule has 1 aliphatic carbocycles. The lowest BCUT2D eigenvalue weighted by atomic mass is 10.0. The van der Waals surface area contributed by atoms with E-state index >= 15 is 0 Å². The molecule has 0 aromatic carbocycles. The molecule has 1 heterocycles. The lowest BCUT2D eigenvalue weighted by molar-refractivity contribution is 0.0936. The third-order valence-corrected chi connectivity index (χ3v) is 3.33. The first kappa shape index (κ1) is 11.5. The predicted molar refractivity (Wildman–Crippen MR) is 61.5 cm³/mol. The summed E-state index contributed by atoms with van der Waals surface area (Å²) in [6.07, 6.45) is 4.51. The van der Waals surface area contributed by atoms with Gasteiger partial charge in [-0.1, -0.05) is 11.6 Å². The number of aliphatic hydroxyl groups excluding tert-OH is 1. The van der Waals surface area contributed by atoms with Gasteiger partial charge in [-0.2, -0.15) is 0 Å². The van der Waals surface area contributed by atoms with E-state index in [0.717, 1.165) is 19.3 Å². The lowest BCUT2D eigenvalue weighted by Crippen LogP contribution is -2.30. The largest absolute Gasteiger partial charge is 0.396 e. The van der Waals surface area contributed by atoms with Crippen molar-refractivity contribution in [1.29, 1.82) is 0 Å². The van der Waals surface area contributed by atoms with Crippen LogP contribution in [0.1, 0.15) is 29.8 Å². The van der Waals surface area contributed by atoms with Crippen molar-refractivity contribution < 1.29 is 9.90 Å². The van der Waals surface area contributed by atoms with Gasteiger partial charge in [-0.25, -0.2) is 0 Å². The number of H-pyrrole nitrogens is 1. The molecule has 0 radical (unpaired) electrons. The number of aliphatic hydroxyl groups is 1. The van der Waals surface area contributed by atoms with Crippen LogP contribution >= 0.6 is 11.6 Å². The number of carbonyl (C=O) groups excluding carboxylic acids is 1. The smallest absolute Gasteiger partial charge is 0.267 e. The Kier molecular flexibility index (Phi) is 3.21. The van der Waals surface area contributed by atoms with Crippen molar-refractivity contribution >= 4 is 17.5 Å². The predicted octanol–water partition coefficient (Wildman–Crippen LogP) is 1.56. The van der Waals surface area contributed by atoms with Crippen LogP contribution in [0.2, 0.25) is 5.02 Å². The number of nitrogens with one attached hydrogen (secondary N) is 2. The Hall–Kier alpha value is -1.00. The van der Waals surface area contributed by atoms with Crippen molar-refractivity contribution in [2.75, 3.05) is 13.2 Å². The number of rotatable bonds is 5. The van der Waals surface area contributed by atoms with Crippen molar-refractivity contribution in [2.24, 2.45) is 5.41 Å². The topological polar surface area (TPSA) is 65.1 Å². The summed E-state index contributed by atoms with van der Waals surface area (Å²) in [5, 5.41) is 12.3. The van der Waals surface area contributed by atoms with Crippen LogP contribution < -0.4 is 5.32 Å². The number of aromatic amines is 1. The second-order valence-corrected chi connectivity index (χ2v) is 4.82. The summed E-state index contributed by atoms with van der Waals surface area (Å²) in [6, 6.07) is 1.60. The Morgan fingerprint density at radius 2 is 2.38 bits per heavy atom. The van der Waals surface area contributed by atoms with Gasteiger partial charge in [0, 0.05) is 19.3 Å². The van der Waals surface area contributed by atoms with Gasteiger partial charge in [-0.15, -0.1) is 0 Å². The van der Waals surface area contributed by atoms with Crippen LogP contribution in [0.3, 0.4) is 0 Å². The Morgan fingerprint density at radius 3 is 2.88 bits per heavy atom. The van der Waals surface area contributed by atoms with Gasteiger partial charge in [0.05, 0.1) is 5.02 Å². The molecule has 4 nitrogen and oxygen atoms in total. The van der Waals surface area contributed by atoms with E-state index in [9.17, 15) is 4.79 Å². The standard InChI is InChI=1S/C11H15ClN2O2/c12-8-5-9(13-6-8)10(16)14-7-11(1-2-11)3-4-15/h5-6,13,15H,1-4,7H2,(H,14,16). The number of aromatic nitrogens is 1. The summed E-state index contributed by atoms with van der Waals surface area (Å²) in [6.45, 7) is 0.813. The summed E-state index contributed by atoms with van der Waals surface area (Å²) >= 11 is 5.71. The minimum Gasteiger partial charge on any atom is -0.396 e. The monoisotopic (exact) mass is 242 g/mol. The highest BCUT2D eigenvalue weighted by atomic mass is 35.5. The summed E-state index contributed by atoms with van der Waals surface area (Å²) < 4.78 is 0. The van der Waals surface area contributed by atoms with Crippen LogP contribution in [-0.4, -0.2) is 29.1 Å². The van der Waals surface area contributed by atoms with Crippen molar-refractivity contribution in [3.8, 4) is 0 Å². The Morgan fingerprint density at radius 1 is 1.62 bits per heavy atom. The summed E-state index contributed by atoms with van der Waals surface area (Å²) in [4.78, 5) is 14.5. The van der Waals surface area contributed by atoms with Gasteiger partial charge in [-0.05, 0) is 30.7 Å². The molecule has 16 heavy (non-hydrogen) atoms. The fraction of sp³-hybridized carbons (Fsp3) is 0.545. The molecule has 0 atom stereocenters. The maximum atomic E-state index is 11.7. The highest BCUT2D eigenvalue weighted by Crippen LogP contribution is 2.47. The molecule has 1 amide bonds. The second-order valence-electron chi connectivity index (χ2n) is 4.39. The Bertz CT molecular complexity index is 385. The van der Waals surface area contributed by atoms with E-state index < -0.39 is 0 Å².